The summed E-state index contributed by atoms with van der Waals surface area (Å²) in [4.78, 5) is 50.9. The van der Waals surface area contributed by atoms with Crippen molar-refractivity contribution in [3.63, 3.8) is 0 Å². The number of aliphatic hydroxyl groups is 1. The molecular formula is C40H49N10O5. The van der Waals surface area contributed by atoms with Gasteiger partial charge in [0.05, 0.1) is 37.5 Å². The van der Waals surface area contributed by atoms with Gasteiger partial charge in [-0.3, -0.25) is 19.7 Å². The highest BCUT2D eigenvalue weighted by Gasteiger charge is 2.47. The summed E-state index contributed by atoms with van der Waals surface area (Å²) >= 11 is 0. The first-order chi connectivity index (χ1) is 26.2. The number of nitrogens with one attached hydrogen (secondary N) is 5. The van der Waals surface area contributed by atoms with Crippen molar-refractivity contribution in [2.24, 2.45) is 0 Å². The van der Waals surface area contributed by atoms with Crippen molar-refractivity contribution < 1.29 is 24.7 Å². The Morgan fingerprint density at radius 2 is 1.55 bits per heavy atom. The SMILES string of the molecule is C[C@@H](O)[C@@H](NC(=O)[C@@H]1Cc2c([nH]c3ccccc23)CN1C(=O)[C@@H]1Cc2c([nH]c3ccccc23)CN1)C(=O)NCc1cn(C2CC(C)(C)N([O])C(C)(C)C2)nn1. The molecule has 1 radical (unpaired) electrons. The van der Waals surface area contributed by atoms with Gasteiger partial charge in [0.15, 0.2) is 0 Å². The van der Waals surface area contributed by atoms with E-state index in [1.165, 1.54) is 6.92 Å². The van der Waals surface area contributed by atoms with Crippen LogP contribution in [0.3, 0.4) is 0 Å². The predicted molar refractivity (Wildman–Crippen MR) is 203 cm³/mol. The van der Waals surface area contributed by atoms with Gasteiger partial charge in [-0.1, -0.05) is 41.6 Å². The molecule has 1 saturated heterocycles. The summed E-state index contributed by atoms with van der Waals surface area (Å²) in [5, 5.41) is 44.4. The lowest BCUT2D eigenvalue weighted by Crippen LogP contribution is -2.61. The predicted octanol–water partition coefficient (Wildman–Crippen LogP) is 2.93. The van der Waals surface area contributed by atoms with Gasteiger partial charge < -0.3 is 30.6 Å². The van der Waals surface area contributed by atoms with Gasteiger partial charge in [0, 0.05) is 57.2 Å². The quantitative estimate of drug-likeness (QED) is 0.139. The number of carbonyl (C=O) groups excluding carboxylic acids is 3. The molecule has 3 amide bonds. The normalized spacial score (nSPS) is 22.2. The molecule has 0 saturated carbocycles. The topological polar surface area (TPSA) is 196 Å². The first-order valence-corrected chi connectivity index (χ1v) is 19.1. The Labute approximate surface area is 318 Å². The van der Waals surface area contributed by atoms with E-state index in [1.54, 1.807) is 15.8 Å². The zero-order chi connectivity index (χ0) is 38.8. The van der Waals surface area contributed by atoms with Crippen molar-refractivity contribution in [1.82, 2.24) is 50.9 Å². The number of para-hydroxylation sites is 2. The summed E-state index contributed by atoms with van der Waals surface area (Å²) in [6, 6.07) is 13.0. The van der Waals surface area contributed by atoms with Crippen LogP contribution in [0.4, 0.5) is 0 Å². The van der Waals surface area contributed by atoms with Crippen molar-refractivity contribution >= 4 is 39.5 Å². The molecule has 4 atom stereocenters. The van der Waals surface area contributed by atoms with Gasteiger partial charge in [0.2, 0.25) is 17.7 Å². The number of carbonyl (C=O) groups is 3. The van der Waals surface area contributed by atoms with E-state index in [-0.39, 0.29) is 31.5 Å². The first kappa shape index (κ1) is 36.9. The summed E-state index contributed by atoms with van der Waals surface area (Å²) in [5.74, 6) is -1.34. The molecule has 6 heterocycles. The summed E-state index contributed by atoms with van der Waals surface area (Å²) in [6.45, 7) is 9.81. The van der Waals surface area contributed by atoms with Crippen molar-refractivity contribution in [3.8, 4) is 0 Å². The largest absolute Gasteiger partial charge is 0.391 e. The van der Waals surface area contributed by atoms with Gasteiger partial charge >= 0.3 is 0 Å². The maximum absolute atomic E-state index is 14.5. The molecule has 55 heavy (non-hydrogen) atoms. The Morgan fingerprint density at radius 1 is 0.927 bits per heavy atom. The molecular weight excluding hydrogens is 701 g/mol. The molecule has 3 aliphatic heterocycles. The molecule has 0 spiro atoms. The molecule has 15 heteroatoms. The second kappa shape index (κ2) is 13.9. The third-order valence-corrected chi connectivity index (χ3v) is 11.7. The molecule has 3 aromatic heterocycles. The highest BCUT2D eigenvalue weighted by Crippen LogP contribution is 2.42. The van der Waals surface area contributed by atoms with Crippen LogP contribution in [0.5, 0.6) is 0 Å². The van der Waals surface area contributed by atoms with Crippen LogP contribution in [0.1, 0.15) is 81.7 Å². The fourth-order valence-electron chi connectivity index (χ4n) is 9.10. The smallest absolute Gasteiger partial charge is 0.245 e. The number of aliphatic hydroxyl groups excluding tert-OH is 1. The molecule has 289 valence electrons. The van der Waals surface area contributed by atoms with Gasteiger partial charge in [-0.05, 0) is 77.1 Å². The maximum Gasteiger partial charge on any atom is 0.245 e. The van der Waals surface area contributed by atoms with E-state index in [1.807, 2.05) is 70.2 Å². The van der Waals surface area contributed by atoms with Crippen LogP contribution in [-0.4, -0.2) is 93.1 Å². The number of hydroxylamine groups is 2. The molecule has 1 fully saturated rings. The average molecular weight is 750 g/mol. The number of rotatable bonds is 8. The van der Waals surface area contributed by atoms with Crippen LogP contribution >= 0.6 is 0 Å². The lowest BCUT2D eigenvalue weighted by Gasteiger charge is -2.49. The van der Waals surface area contributed by atoms with Crippen LogP contribution in [-0.2, 0) is 52.1 Å². The van der Waals surface area contributed by atoms with Crippen molar-refractivity contribution in [1.29, 1.82) is 0 Å². The highest BCUT2D eigenvalue weighted by molar-refractivity contribution is 5.96. The second-order valence-corrected chi connectivity index (χ2v) is 16.7. The van der Waals surface area contributed by atoms with Crippen LogP contribution in [0, 0.1) is 0 Å². The van der Waals surface area contributed by atoms with Gasteiger partial charge in [0.1, 0.15) is 17.8 Å². The minimum atomic E-state index is -1.30. The fourth-order valence-corrected chi connectivity index (χ4v) is 9.10. The van der Waals surface area contributed by atoms with Gasteiger partial charge in [-0.15, -0.1) is 15.4 Å². The summed E-state index contributed by atoms with van der Waals surface area (Å²) < 4.78 is 1.75. The van der Waals surface area contributed by atoms with E-state index in [0.29, 0.717) is 31.5 Å². The maximum atomic E-state index is 14.5. The van der Waals surface area contributed by atoms with E-state index in [0.717, 1.165) is 49.4 Å². The number of aromatic amines is 2. The number of H-pyrrole nitrogens is 2. The summed E-state index contributed by atoms with van der Waals surface area (Å²) in [7, 11) is 0. The molecule has 0 aliphatic carbocycles. The summed E-state index contributed by atoms with van der Waals surface area (Å²) in [6.07, 6.45) is 2.39. The zero-order valence-electron chi connectivity index (χ0n) is 31.8. The van der Waals surface area contributed by atoms with E-state index in [4.69, 9.17) is 0 Å². The number of nitrogens with zero attached hydrogens (tertiary/aromatic N) is 5. The Balaban J connectivity index is 0.989. The Morgan fingerprint density at radius 3 is 2.20 bits per heavy atom. The number of aromatic nitrogens is 5. The van der Waals surface area contributed by atoms with E-state index in [2.05, 4.69) is 42.3 Å². The third kappa shape index (κ3) is 6.79. The van der Waals surface area contributed by atoms with Gasteiger partial charge in [0.25, 0.3) is 0 Å². The average Bonchev–Trinajstić information content (AvgIpc) is 3.89. The monoisotopic (exact) mass is 749 g/mol. The molecule has 6 N–H and O–H groups in total. The minimum Gasteiger partial charge on any atom is -0.391 e. The van der Waals surface area contributed by atoms with Crippen LogP contribution in [0.15, 0.2) is 54.7 Å². The molecule has 15 nitrogen and oxygen atoms in total. The van der Waals surface area contributed by atoms with Crippen molar-refractivity contribution in [2.45, 2.75) is 121 Å². The molecule has 3 aliphatic rings. The summed E-state index contributed by atoms with van der Waals surface area (Å²) in [5.41, 5.74) is 5.20. The standard InChI is InChI=1S/C40H49N10O5/c1-22(51)35(37(53)42-18-23-20-49(47-46-23)24-16-39(2,3)50(55)40(4,5)17-24)45-36(52)34-15-28-26-11-7-9-13-30(26)44-33(28)21-48(34)38(54)31-14-27-25-10-6-8-12-29(25)43-32(27)19-41-31/h6-13,20,22,24,31,34-35,41,43-44,51H,14-19,21H2,1-5H3,(H,42,53)(H,45,52)/t22-,31+,34+,35-/m1/s1. The molecule has 5 aromatic rings. The van der Waals surface area contributed by atoms with Crippen molar-refractivity contribution in [3.05, 3.63) is 82.9 Å². The van der Waals surface area contributed by atoms with Gasteiger partial charge in [-0.25, -0.2) is 4.68 Å². The number of hydrogen-bond acceptors (Lipinski definition) is 8. The highest BCUT2D eigenvalue weighted by atomic mass is 16.5. The number of fused-ring (bicyclic) bond motifs is 6. The minimum absolute atomic E-state index is 0.0149. The zero-order valence-corrected chi connectivity index (χ0v) is 31.8. The molecule has 0 bridgehead atoms. The van der Waals surface area contributed by atoms with Crippen LogP contribution < -0.4 is 16.0 Å². The number of benzene rings is 2. The number of piperidine rings is 1. The van der Waals surface area contributed by atoms with Crippen molar-refractivity contribution in [2.75, 3.05) is 0 Å². The molecule has 0 unspecified atom stereocenters. The molecule has 2 aromatic carbocycles. The third-order valence-electron chi connectivity index (χ3n) is 11.7. The van der Waals surface area contributed by atoms with E-state index in [9.17, 15) is 24.7 Å². The number of hydrogen-bond donors (Lipinski definition) is 6. The number of amides is 3. The van der Waals surface area contributed by atoms with Crippen LogP contribution in [0.2, 0.25) is 0 Å². The van der Waals surface area contributed by atoms with E-state index < -0.39 is 47.1 Å². The Bertz CT molecular complexity index is 2250. The Kier molecular flexibility index (Phi) is 9.31. The second-order valence-electron chi connectivity index (χ2n) is 16.7. The first-order valence-electron chi connectivity index (χ1n) is 19.1. The van der Waals surface area contributed by atoms with E-state index >= 15 is 0 Å². The Hall–Kier alpha value is -5.09. The fraction of sp³-hybridized carbons (Fsp3) is 0.475. The van der Waals surface area contributed by atoms with Gasteiger partial charge in [-0.2, -0.15) is 0 Å². The molecule has 8 rings (SSSR count). The van der Waals surface area contributed by atoms with Crippen LogP contribution in [0.25, 0.3) is 21.8 Å². The lowest BCUT2D eigenvalue weighted by molar-refractivity contribution is -0.293. The lowest BCUT2D eigenvalue weighted by atomic mass is 9.79.